The number of rotatable bonds is 4. The van der Waals surface area contributed by atoms with E-state index in [2.05, 4.69) is 9.72 Å². The first-order valence-corrected chi connectivity index (χ1v) is 7.34. The predicted octanol–water partition coefficient (Wildman–Crippen LogP) is 0.854. The lowest BCUT2D eigenvalue weighted by Crippen LogP contribution is -2.53. The van der Waals surface area contributed by atoms with Crippen molar-refractivity contribution in [3.63, 3.8) is 0 Å². The van der Waals surface area contributed by atoms with E-state index in [4.69, 9.17) is 18.0 Å². The van der Waals surface area contributed by atoms with E-state index >= 15 is 0 Å². The second kappa shape index (κ2) is 6.88. The first kappa shape index (κ1) is 19.6. The van der Waals surface area contributed by atoms with Crippen molar-refractivity contribution in [2.45, 2.75) is 18.3 Å². The van der Waals surface area contributed by atoms with Crippen LogP contribution in [-0.2, 0) is 21.7 Å². The molecular formula is C14H13F3N4O4S. The average molecular weight is 390 g/mol. The van der Waals surface area contributed by atoms with Crippen LogP contribution in [0.1, 0.15) is 11.1 Å². The average Bonchev–Trinajstić information content (AvgIpc) is 2.57. The third-order valence-electron chi connectivity index (χ3n) is 3.58. The molecule has 4 N–H and O–H groups in total. The van der Waals surface area contributed by atoms with Gasteiger partial charge < -0.3 is 20.1 Å². The molecular weight excluding hydrogens is 377 g/mol. The molecule has 0 fully saturated rings. The van der Waals surface area contributed by atoms with Gasteiger partial charge in [0.2, 0.25) is 0 Å². The van der Waals surface area contributed by atoms with Gasteiger partial charge in [0.1, 0.15) is 11.4 Å². The molecule has 0 aliphatic carbocycles. The van der Waals surface area contributed by atoms with Crippen LogP contribution in [0.25, 0.3) is 0 Å². The summed E-state index contributed by atoms with van der Waals surface area (Å²) in [6.45, 7) is -0.133. The van der Waals surface area contributed by atoms with E-state index in [-0.39, 0.29) is 11.3 Å². The highest BCUT2D eigenvalue weighted by Gasteiger charge is 2.64. The van der Waals surface area contributed by atoms with Gasteiger partial charge in [-0.15, -0.1) is 0 Å². The Labute approximate surface area is 149 Å². The Hall–Kier alpha value is -2.73. The SMILES string of the molecule is COC(=O)C(O)(c1c(N)n(Cc2ccncc2)c(=S)[nH]c1=O)C(F)(F)F. The number of aromatic nitrogens is 3. The van der Waals surface area contributed by atoms with Crippen molar-refractivity contribution in [3.8, 4) is 0 Å². The molecule has 0 aromatic carbocycles. The molecule has 0 spiro atoms. The molecule has 0 amide bonds. The number of alkyl halides is 3. The van der Waals surface area contributed by atoms with Crippen molar-refractivity contribution < 1.29 is 27.8 Å². The summed E-state index contributed by atoms with van der Waals surface area (Å²) in [5, 5.41) is 10.1. The topological polar surface area (TPSA) is 123 Å². The van der Waals surface area contributed by atoms with Gasteiger partial charge in [0.05, 0.1) is 13.7 Å². The van der Waals surface area contributed by atoms with Crippen LogP contribution < -0.4 is 11.3 Å². The smallest absolute Gasteiger partial charge is 0.432 e. The molecule has 0 aliphatic rings. The number of nitrogens with zero attached hydrogens (tertiary/aromatic N) is 2. The zero-order valence-electron chi connectivity index (χ0n) is 13.2. The van der Waals surface area contributed by atoms with Gasteiger partial charge in [0.15, 0.2) is 4.77 Å². The van der Waals surface area contributed by atoms with Crippen LogP contribution in [-0.4, -0.2) is 38.9 Å². The molecule has 140 valence electrons. The summed E-state index contributed by atoms with van der Waals surface area (Å²) in [6.07, 6.45) is -2.71. The number of H-pyrrole nitrogens is 1. The van der Waals surface area contributed by atoms with Gasteiger partial charge >= 0.3 is 12.1 Å². The molecule has 26 heavy (non-hydrogen) atoms. The fourth-order valence-corrected chi connectivity index (χ4v) is 2.53. The van der Waals surface area contributed by atoms with Gasteiger partial charge in [-0.25, -0.2) is 4.79 Å². The van der Waals surface area contributed by atoms with E-state index in [0.717, 1.165) is 4.57 Å². The molecule has 0 saturated carbocycles. The minimum Gasteiger partial charge on any atom is -0.466 e. The number of carbonyl (C=O) groups excluding carboxylic acids is 1. The van der Waals surface area contributed by atoms with Gasteiger partial charge in [-0.1, -0.05) is 0 Å². The number of carbonyl (C=O) groups is 1. The Morgan fingerprint density at radius 1 is 1.42 bits per heavy atom. The Kier molecular flexibility index (Phi) is 5.18. The van der Waals surface area contributed by atoms with Crippen LogP contribution in [0.5, 0.6) is 0 Å². The lowest BCUT2D eigenvalue weighted by atomic mass is 9.94. The largest absolute Gasteiger partial charge is 0.466 e. The molecule has 2 heterocycles. The maximum atomic E-state index is 13.4. The Balaban J connectivity index is 2.77. The standard InChI is InChI=1S/C14H13F3N4O4S/c1-25-11(23)13(24,14(15,16)17)8-9(18)21(12(26)20-10(8)22)6-7-2-4-19-5-3-7/h2-5,24H,6,18H2,1H3,(H,20,22,26). The van der Waals surface area contributed by atoms with Gasteiger partial charge in [-0.3, -0.25) is 14.8 Å². The zero-order chi connectivity index (χ0) is 19.7. The minimum absolute atomic E-state index is 0.133. The number of nitrogens with one attached hydrogen (secondary N) is 1. The summed E-state index contributed by atoms with van der Waals surface area (Å²) in [7, 11) is 0.635. The van der Waals surface area contributed by atoms with E-state index in [1.54, 1.807) is 12.1 Å². The Bertz CT molecular complexity index is 942. The van der Waals surface area contributed by atoms with Crippen molar-refractivity contribution in [1.29, 1.82) is 0 Å². The fourth-order valence-electron chi connectivity index (χ4n) is 2.27. The van der Waals surface area contributed by atoms with Crippen LogP contribution >= 0.6 is 12.2 Å². The van der Waals surface area contributed by atoms with E-state index in [9.17, 15) is 27.9 Å². The number of methoxy groups -OCH3 is 1. The second-order valence-electron chi connectivity index (χ2n) is 5.16. The maximum Gasteiger partial charge on any atom is 0.432 e. The van der Waals surface area contributed by atoms with Gasteiger partial charge in [0.25, 0.3) is 11.2 Å². The molecule has 12 heteroatoms. The molecule has 1 atom stereocenters. The number of pyridine rings is 1. The Morgan fingerprint density at radius 2 is 2.00 bits per heavy atom. The van der Waals surface area contributed by atoms with Crippen LogP contribution in [0.15, 0.2) is 29.3 Å². The summed E-state index contributed by atoms with van der Waals surface area (Å²) in [5.74, 6) is -2.92. The van der Waals surface area contributed by atoms with E-state index < -0.39 is 34.7 Å². The summed E-state index contributed by atoms with van der Waals surface area (Å²) in [5.41, 5.74) is -0.882. The zero-order valence-corrected chi connectivity index (χ0v) is 14.0. The summed E-state index contributed by atoms with van der Waals surface area (Å²) in [6, 6.07) is 3.09. The Morgan fingerprint density at radius 3 is 2.50 bits per heavy atom. The van der Waals surface area contributed by atoms with E-state index in [0.29, 0.717) is 12.7 Å². The van der Waals surface area contributed by atoms with Crippen LogP contribution in [0.2, 0.25) is 0 Å². The number of aromatic amines is 1. The normalized spacial score (nSPS) is 13.9. The first-order chi connectivity index (χ1) is 12.0. The van der Waals surface area contributed by atoms with Crippen molar-refractivity contribution in [2.75, 3.05) is 12.8 Å². The molecule has 2 aromatic heterocycles. The van der Waals surface area contributed by atoms with E-state index in [1.807, 2.05) is 4.98 Å². The van der Waals surface area contributed by atoms with Crippen molar-refractivity contribution >= 4 is 24.0 Å². The number of anilines is 1. The number of hydrogen-bond acceptors (Lipinski definition) is 7. The molecule has 0 bridgehead atoms. The number of aliphatic hydroxyl groups is 1. The second-order valence-corrected chi connectivity index (χ2v) is 5.55. The van der Waals surface area contributed by atoms with Gasteiger partial charge in [-0.2, -0.15) is 13.2 Å². The number of halogens is 3. The first-order valence-electron chi connectivity index (χ1n) is 6.93. The predicted molar refractivity (Wildman–Crippen MR) is 85.6 cm³/mol. The van der Waals surface area contributed by atoms with Crippen LogP contribution in [0, 0.1) is 4.77 Å². The van der Waals surface area contributed by atoms with Crippen molar-refractivity contribution in [2.24, 2.45) is 0 Å². The number of nitrogen functional groups attached to an aromatic ring is 1. The third-order valence-corrected chi connectivity index (χ3v) is 3.90. The highest BCUT2D eigenvalue weighted by Crippen LogP contribution is 2.40. The number of esters is 1. The van der Waals surface area contributed by atoms with Crippen molar-refractivity contribution in [1.82, 2.24) is 14.5 Å². The summed E-state index contributed by atoms with van der Waals surface area (Å²) >= 11 is 4.93. The van der Waals surface area contributed by atoms with Gasteiger partial charge in [-0.05, 0) is 29.9 Å². The maximum absolute atomic E-state index is 13.4. The molecule has 2 aromatic rings. The van der Waals surface area contributed by atoms with Crippen molar-refractivity contribution in [3.05, 3.63) is 50.8 Å². The van der Waals surface area contributed by atoms with E-state index in [1.165, 1.54) is 12.4 Å². The number of nitrogens with two attached hydrogens (primary N) is 1. The monoisotopic (exact) mass is 390 g/mol. The fraction of sp³-hybridized carbons (Fsp3) is 0.286. The van der Waals surface area contributed by atoms with Gasteiger partial charge in [0, 0.05) is 12.4 Å². The molecule has 0 saturated heterocycles. The molecule has 8 nitrogen and oxygen atoms in total. The molecule has 1 unspecified atom stereocenters. The highest BCUT2D eigenvalue weighted by molar-refractivity contribution is 7.71. The lowest BCUT2D eigenvalue weighted by Gasteiger charge is -2.29. The minimum atomic E-state index is -5.57. The number of ether oxygens (including phenoxy) is 1. The number of hydrogen-bond donors (Lipinski definition) is 3. The summed E-state index contributed by atoms with van der Waals surface area (Å²) in [4.78, 5) is 29.6. The third kappa shape index (κ3) is 3.20. The quantitative estimate of drug-likeness (QED) is 0.522. The van der Waals surface area contributed by atoms with Crippen LogP contribution in [0.4, 0.5) is 19.0 Å². The lowest BCUT2D eigenvalue weighted by molar-refractivity contribution is -0.267. The van der Waals surface area contributed by atoms with Crippen LogP contribution in [0.3, 0.4) is 0 Å². The molecule has 0 radical (unpaired) electrons. The highest BCUT2D eigenvalue weighted by atomic mass is 32.1. The molecule has 0 aliphatic heterocycles. The summed E-state index contributed by atoms with van der Waals surface area (Å²) < 4.78 is 45.0. The molecule has 2 rings (SSSR count).